The van der Waals surface area contributed by atoms with Gasteiger partial charge in [-0.25, -0.2) is 0 Å². The first-order chi connectivity index (χ1) is 8.49. The van der Waals surface area contributed by atoms with Crippen LogP contribution in [-0.4, -0.2) is 27.8 Å². The predicted molar refractivity (Wildman–Crippen MR) is 86.5 cm³/mol. The molecule has 7 heteroatoms. The lowest BCUT2D eigenvalue weighted by Crippen LogP contribution is -2.49. The predicted octanol–water partition coefficient (Wildman–Crippen LogP) is 1.83. The first kappa shape index (κ1) is 21.5. The molecular formula is C13H26Cl2N4O. The number of nitrogens with one attached hydrogen (secondary N) is 1. The van der Waals surface area contributed by atoms with Crippen molar-refractivity contribution in [2.24, 2.45) is 12.8 Å². The molecule has 0 atom stereocenters. The van der Waals surface area contributed by atoms with Gasteiger partial charge >= 0.3 is 0 Å². The Morgan fingerprint density at radius 1 is 1.40 bits per heavy atom. The second-order valence-electron chi connectivity index (χ2n) is 4.87. The molecule has 0 aromatic carbocycles. The zero-order valence-corrected chi connectivity index (χ0v) is 14.0. The molecule has 0 aliphatic carbocycles. The molecule has 20 heavy (non-hydrogen) atoms. The van der Waals surface area contributed by atoms with Crippen LogP contribution in [-0.2, 0) is 18.3 Å². The van der Waals surface area contributed by atoms with E-state index in [9.17, 15) is 4.79 Å². The minimum absolute atomic E-state index is 0. The Balaban J connectivity index is 0. The highest BCUT2D eigenvalue weighted by Crippen LogP contribution is 2.09. The van der Waals surface area contributed by atoms with Gasteiger partial charge in [0.05, 0.1) is 6.20 Å². The Morgan fingerprint density at radius 2 is 2.00 bits per heavy atom. The zero-order valence-electron chi connectivity index (χ0n) is 12.4. The minimum Gasteiger partial charge on any atom is -0.354 e. The number of hydrogen-bond donors (Lipinski definition) is 2. The first-order valence-corrected chi connectivity index (χ1v) is 6.52. The van der Waals surface area contributed by atoms with E-state index in [0.29, 0.717) is 13.0 Å². The summed E-state index contributed by atoms with van der Waals surface area (Å²) in [5.74, 6) is 0.0515. The SMILES string of the molecule is CCC(N)(CC)CNC(=O)CCc1cnn(C)c1.Cl.Cl. The van der Waals surface area contributed by atoms with Crippen molar-refractivity contribution in [2.75, 3.05) is 6.54 Å². The van der Waals surface area contributed by atoms with Gasteiger partial charge < -0.3 is 11.1 Å². The highest BCUT2D eigenvalue weighted by atomic mass is 35.5. The van der Waals surface area contributed by atoms with Gasteiger partial charge in [-0.05, 0) is 24.8 Å². The van der Waals surface area contributed by atoms with Crippen LogP contribution in [0.1, 0.15) is 38.7 Å². The molecule has 0 saturated carbocycles. The second-order valence-corrected chi connectivity index (χ2v) is 4.87. The third kappa shape index (κ3) is 7.12. The average Bonchev–Trinajstić information content (AvgIpc) is 2.79. The van der Waals surface area contributed by atoms with E-state index in [-0.39, 0.29) is 36.3 Å². The summed E-state index contributed by atoms with van der Waals surface area (Å²) in [6, 6.07) is 0. The number of carbonyl (C=O) groups is 1. The van der Waals surface area contributed by atoms with Gasteiger partial charge in [-0.1, -0.05) is 13.8 Å². The fourth-order valence-electron chi connectivity index (χ4n) is 1.72. The summed E-state index contributed by atoms with van der Waals surface area (Å²) in [4.78, 5) is 11.7. The molecule has 1 rings (SSSR count). The number of aryl methyl sites for hydroxylation is 2. The second kappa shape index (κ2) is 10.0. The summed E-state index contributed by atoms with van der Waals surface area (Å²) in [6.07, 6.45) is 6.65. The van der Waals surface area contributed by atoms with Crippen LogP contribution in [0.25, 0.3) is 0 Å². The lowest BCUT2D eigenvalue weighted by atomic mass is 9.94. The summed E-state index contributed by atoms with van der Waals surface area (Å²) in [5, 5.41) is 6.98. The lowest BCUT2D eigenvalue weighted by Gasteiger charge is -2.26. The quantitative estimate of drug-likeness (QED) is 0.803. The first-order valence-electron chi connectivity index (χ1n) is 6.52. The van der Waals surface area contributed by atoms with Crippen molar-refractivity contribution in [3.05, 3.63) is 18.0 Å². The van der Waals surface area contributed by atoms with E-state index in [0.717, 1.165) is 24.8 Å². The monoisotopic (exact) mass is 324 g/mol. The minimum atomic E-state index is -0.274. The van der Waals surface area contributed by atoms with Crippen LogP contribution in [0.15, 0.2) is 12.4 Å². The van der Waals surface area contributed by atoms with Gasteiger partial charge in [0.1, 0.15) is 0 Å². The van der Waals surface area contributed by atoms with Crippen LogP contribution < -0.4 is 11.1 Å². The van der Waals surface area contributed by atoms with E-state index in [2.05, 4.69) is 10.4 Å². The van der Waals surface area contributed by atoms with Crippen molar-refractivity contribution in [3.63, 3.8) is 0 Å². The van der Waals surface area contributed by atoms with Crippen LogP contribution in [0.3, 0.4) is 0 Å². The van der Waals surface area contributed by atoms with Gasteiger partial charge in [0.15, 0.2) is 0 Å². The molecule has 0 fully saturated rings. The number of halogens is 2. The van der Waals surface area contributed by atoms with E-state index in [1.54, 1.807) is 10.9 Å². The molecule has 0 saturated heterocycles. The number of carbonyl (C=O) groups excluding carboxylic acids is 1. The Labute approximate surface area is 133 Å². The van der Waals surface area contributed by atoms with Crippen molar-refractivity contribution in [1.82, 2.24) is 15.1 Å². The van der Waals surface area contributed by atoms with E-state index in [1.165, 1.54) is 0 Å². The number of hydrogen-bond acceptors (Lipinski definition) is 3. The van der Waals surface area contributed by atoms with Crippen LogP contribution in [0, 0.1) is 0 Å². The van der Waals surface area contributed by atoms with E-state index in [1.807, 2.05) is 27.1 Å². The normalized spacial score (nSPS) is 10.4. The van der Waals surface area contributed by atoms with Crippen molar-refractivity contribution in [3.8, 4) is 0 Å². The highest BCUT2D eigenvalue weighted by Gasteiger charge is 2.20. The third-order valence-corrected chi connectivity index (χ3v) is 3.44. The maximum absolute atomic E-state index is 11.7. The van der Waals surface area contributed by atoms with Crippen LogP contribution >= 0.6 is 24.8 Å². The fraction of sp³-hybridized carbons (Fsp3) is 0.692. The summed E-state index contributed by atoms with van der Waals surface area (Å²) in [6.45, 7) is 4.64. The average molecular weight is 325 g/mol. The zero-order chi connectivity index (χ0) is 13.6. The van der Waals surface area contributed by atoms with E-state index >= 15 is 0 Å². The molecule has 0 unspecified atom stereocenters. The molecule has 0 bridgehead atoms. The molecule has 0 aliphatic heterocycles. The Kier molecular flexibility index (Phi) is 10.8. The molecule has 1 aromatic rings. The smallest absolute Gasteiger partial charge is 0.220 e. The highest BCUT2D eigenvalue weighted by molar-refractivity contribution is 5.85. The van der Waals surface area contributed by atoms with E-state index in [4.69, 9.17) is 5.73 Å². The van der Waals surface area contributed by atoms with Crippen molar-refractivity contribution < 1.29 is 4.79 Å². The number of nitrogens with zero attached hydrogens (tertiary/aromatic N) is 2. The summed E-state index contributed by atoms with van der Waals surface area (Å²) >= 11 is 0. The molecule has 0 radical (unpaired) electrons. The maximum Gasteiger partial charge on any atom is 0.220 e. The van der Waals surface area contributed by atoms with Crippen molar-refractivity contribution in [2.45, 2.75) is 45.1 Å². The summed E-state index contributed by atoms with van der Waals surface area (Å²) < 4.78 is 1.74. The number of nitrogens with two attached hydrogens (primary N) is 1. The molecule has 118 valence electrons. The molecule has 0 aliphatic rings. The van der Waals surface area contributed by atoms with Gasteiger partial charge in [0.2, 0.25) is 5.91 Å². The third-order valence-electron chi connectivity index (χ3n) is 3.44. The number of rotatable bonds is 7. The van der Waals surface area contributed by atoms with Crippen LogP contribution in [0.2, 0.25) is 0 Å². The van der Waals surface area contributed by atoms with Gasteiger partial charge in [-0.2, -0.15) is 5.10 Å². The molecule has 1 aromatic heterocycles. The van der Waals surface area contributed by atoms with Crippen molar-refractivity contribution in [1.29, 1.82) is 0 Å². The van der Waals surface area contributed by atoms with Gasteiger partial charge in [-0.15, -0.1) is 24.8 Å². The van der Waals surface area contributed by atoms with E-state index < -0.39 is 0 Å². The van der Waals surface area contributed by atoms with Gasteiger partial charge in [0, 0.05) is 31.7 Å². The van der Waals surface area contributed by atoms with Crippen molar-refractivity contribution >= 4 is 30.7 Å². The Morgan fingerprint density at radius 3 is 2.45 bits per heavy atom. The Bertz CT molecular complexity index is 391. The maximum atomic E-state index is 11.7. The molecule has 5 nitrogen and oxygen atoms in total. The van der Waals surface area contributed by atoms with Crippen LogP contribution in [0.4, 0.5) is 0 Å². The molecule has 1 amide bonds. The molecule has 3 N–H and O–H groups in total. The standard InChI is InChI=1S/C13H24N4O.2ClH/c1-4-13(14,5-2)10-15-12(18)7-6-11-8-16-17(3)9-11;;/h8-9H,4-7,10,14H2,1-3H3,(H,15,18);2*1H. The largest absolute Gasteiger partial charge is 0.354 e. The number of amides is 1. The number of aromatic nitrogens is 2. The topological polar surface area (TPSA) is 72.9 Å². The Hall–Kier alpha value is -0.780. The lowest BCUT2D eigenvalue weighted by molar-refractivity contribution is -0.121. The van der Waals surface area contributed by atoms with Gasteiger partial charge in [0.25, 0.3) is 0 Å². The summed E-state index contributed by atoms with van der Waals surface area (Å²) in [7, 11) is 1.87. The van der Waals surface area contributed by atoms with Crippen LogP contribution in [0.5, 0.6) is 0 Å². The molecule has 0 spiro atoms. The van der Waals surface area contributed by atoms with Gasteiger partial charge in [-0.3, -0.25) is 9.48 Å². The molecule has 1 heterocycles. The molecular weight excluding hydrogens is 299 g/mol. The summed E-state index contributed by atoms with van der Waals surface area (Å²) in [5.41, 5.74) is 6.93. The fourth-order valence-corrected chi connectivity index (χ4v) is 1.72.